The largest absolute Gasteiger partial charge is 0.349 e. The van der Waals surface area contributed by atoms with Gasteiger partial charge in [-0.2, -0.15) is 10.1 Å². The van der Waals surface area contributed by atoms with Crippen LogP contribution in [-0.2, 0) is 6.54 Å². The standard InChI is InChI=1S/C18H18ClN5/c1-12-3-5-14(6-4-12)10-20-18-23-17(11-21-24-18)22-16-8-7-15(19)9-13(16)2/h3-9,11H,10H2,1-2H3,(H2,20,22,23,24). The zero-order valence-corrected chi connectivity index (χ0v) is 14.3. The van der Waals surface area contributed by atoms with E-state index in [-0.39, 0.29) is 0 Å². The van der Waals surface area contributed by atoms with Crippen molar-refractivity contribution in [2.24, 2.45) is 0 Å². The van der Waals surface area contributed by atoms with Gasteiger partial charge in [-0.3, -0.25) is 0 Å². The average molecular weight is 340 g/mol. The third-order valence-corrected chi connectivity index (χ3v) is 3.82. The first-order valence-corrected chi connectivity index (χ1v) is 8.00. The van der Waals surface area contributed by atoms with Crippen LogP contribution >= 0.6 is 11.6 Å². The van der Waals surface area contributed by atoms with E-state index in [0.717, 1.165) is 16.8 Å². The number of aromatic nitrogens is 3. The molecule has 3 aromatic rings. The van der Waals surface area contributed by atoms with Crippen molar-refractivity contribution in [1.29, 1.82) is 0 Å². The monoisotopic (exact) mass is 339 g/mol. The molecule has 1 aromatic heterocycles. The quantitative estimate of drug-likeness (QED) is 0.716. The molecule has 0 atom stereocenters. The van der Waals surface area contributed by atoms with E-state index in [2.05, 4.69) is 57.0 Å². The highest BCUT2D eigenvalue weighted by Crippen LogP contribution is 2.22. The number of aryl methyl sites for hydroxylation is 2. The number of hydrogen-bond acceptors (Lipinski definition) is 5. The van der Waals surface area contributed by atoms with E-state index in [4.69, 9.17) is 11.6 Å². The lowest BCUT2D eigenvalue weighted by Gasteiger charge is -2.10. The van der Waals surface area contributed by atoms with E-state index < -0.39 is 0 Å². The van der Waals surface area contributed by atoms with E-state index >= 15 is 0 Å². The van der Waals surface area contributed by atoms with Crippen LogP contribution in [0.25, 0.3) is 0 Å². The lowest BCUT2D eigenvalue weighted by Crippen LogP contribution is -2.06. The van der Waals surface area contributed by atoms with E-state index in [1.165, 1.54) is 5.56 Å². The van der Waals surface area contributed by atoms with Gasteiger partial charge in [0.15, 0.2) is 5.82 Å². The number of anilines is 3. The summed E-state index contributed by atoms with van der Waals surface area (Å²) in [5.74, 6) is 1.11. The Bertz CT molecular complexity index is 833. The Labute approximate surface area is 146 Å². The molecule has 0 unspecified atom stereocenters. The molecule has 0 fully saturated rings. The first-order valence-electron chi connectivity index (χ1n) is 7.62. The summed E-state index contributed by atoms with van der Waals surface area (Å²) in [6.45, 7) is 4.70. The molecule has 0 saturated carbocycles. The molecule has 0 amide bonds. The van der Waals surface area contributed by atoms with Gasteiger partial charge >= 0.3 is 0 Å². The molecule has 2 aromatic carbocycles. The fraction of sp³-hybridized carbons (Fsp3) is 0.167. The molecule has 6 heteroatoms. The number of nitrogens with zero attached hydrogens (tertiary/aromatic N) is 3. The number of rotatable bonds is 5. The topological polar surface area (TPSA) is 62.7 Å². The van der Waals surface area contributed by atoms with Gasteiger partial charge in [-0.1, -0.05) is 41.4 Å². The smallest absolute Gasteiger partial charge is 0.244 e. The maximum absolute atomic E-state index is 5.98. The minimum absolute atomic E-state index is 0.479. The number of benzene rings is 2. The molecule has 2 N–H and O–H groups in total. The maximum Gasteiger partial charge on any atom is 0.244 e. The molecule has 0 aliphatic carbocycles. The zero-order chi connectivity index (χ0) is 16.9. The number of hydrogen-bond donors (Lipinski definition) is 2. The van der Waals surface area contributed by atoms with Crippen LogP contribution in [0.5, 0.6) is 0 Å². The van der Waals surface area contributed by atoms with Crippen LogP contribution in [0.2, 0.25) is 5.02 Å². The van der Waals surface area contributed by atoms with Crippen LogP contribution in [0.1, 0.15) is 16.7 Å². The highest BCUT2D eigenvalue weighted by atomic mass is 35.5. The van der Waals surface area contributed by atoms with E-state index in [0.29, 0.717) is 23.3 Å². The molecule has 3 rings (SSSR count). The first kappa shape index (κ1) is 16.2. The predicted molar refractivity (Wildman–Crippen MR) is 97.8 cm³/mol. The molecule has 0 bridgehead atoms. The highest BCUT2D eigenvalue weighted by Gasteiger charge is 2.04. The number of nitrogens with one attached hydrogen (secondary N) is 2. The SMILES string of the molecule is Cc1ccc(CNc2nncc(Nc3ccc(Cl)cc3C)n2)cc1. The normalized spacial score (nSPS) is 10.5. The van der Waals surface area contributed by atoms with Gasteiger partial charge in [0.2, 0.25) is 5.95 Å². The van der Waals surface area contributed by atoms with Crippen molar-refractivity contribution in [3.8, 4) is 0 Å². The second-order valence-corrected chi connectivity index (χ2v) is 6.03. The van der Waals surface area contributed by atoms with Crippen molar-refractivity contribution in [2.45, 2.75) is 20.4 Å². The van der Waals surface area contributed by atoms with Gasteiger partial charge in [0.25, 0.3) is 0 Å². The summed E-state index contributed by atoms with van der Waals surface area (Å²) in [4.78, 5) is 4.44. The summed E-state index contributed by atoms with van der Waals surface area (Å²) in [5.41, 5.74) is 4.37. The van der Waals surface area contributed by atoms with Crippen LogP contribution in [0, 0.1) is 13.8 Å². The lowest BCUT2D eigenvalue weighted by molar-refractivity contribution is 0.948. The third kappa shape index (κ3) is 4.20. The van der Waals surface area contributed by atoms with Crippen molar-refractivity contribution in [3.05, 3.63) is 70.4 Å². The van der Waals surface area contributed by atoms with Crippen LogP contribution < -0.4 is 10.6 Å². The summed E-state index contributed by atoms with van der Waals surface area (Å²) >= 11 is 5.98. The molecule has 0 spiro atoms. The van der Waals surface area contributed by atoms with Gasteiger partial charge in [-0.15, -0.1) is 5.10 Å². The second-order valence-electron chi connectivity index (χ2n) is 5.59. The molecule has 5 nitrogen and oxygen atoms in total. The molecule has 24 heavy (non-hydrogen) atoms. The summed E-state index contributed by atoms with van der Waals surface area (Å²) in [6, 6.07) is 14.0. The zero-order valence-electron chi connectivity index (χ0n) is 13.5. The van der Waals surface area contributed by atoms with Crippen molar-refractivity contribution >= 4 is 29.1 Å². The van der Waals surface area contributed by atoms with Gasteiger partial charge in [-0.25, -0.2) is 0 Å². The molecule has 0 aliphatic rings. The molecular formula is C18H18ClN5. The molecule has 0 aliphatic heterocycles. The summed E-state index contributed by atoms with van der Waals surface area (Å²) < 4.78 is 0. The van der Waals surface area contributed by atoms with Crippen LogP contribution in [0.15, 0.2) is 48.7 Å². The first-order chi connectivity index (χ1) is 11.6. The van der Waals surface area contributed by atoms with E-state index in [1.807, 2.05) is 25.1 Å². The van der Waals surface area contributed by atoms with Crippen LogP contribution in [0.3, 0.4) is 0 Å². The second kappa shape index (κ2) is 7.27. The molecule has 122 valence electrons. The van der Waals surface area contributed by atoms with Crippen molar-refractivity contribution in [3.63, 3.8) is 0 Å². The third-order valence-electron chi connectivity index (χ3n) is 3.58. The van der Waals surface area contributed by atoms with Crippen LogP contribution in [-0.4, -0.2) is 15.2 Å². The number of halogens is 1. The molecule has 0 saturated heterocycles. The molecular weight excluding hydrogens is 322 g/mol. The van der Waals surface area contributed by atoms with Crippen molar-refractivity contribution < 1.29 is 0 Å². The van der Waals surface area contributed by atoms with Gasteiger partial charge in [-0.05, 0) is 43.2 Å². The average Bonchev–Trinajstić information content (AvgIpc) is 2.57. The summed E-state index contributed by atoms with van der Waals surface area (Å²) in [5, 5.41) is 15.1. The Morgan fingerprint density at radius 3 is 2.58 bits per heavy atom. The van der Waals surface area contributed by atoms with Crippen LogP contribution in [0.4, 0.5) is 17.5 Å². The Morgan fingerprint density at radius 1 is 1.04 bits per heavy atom. The Hall–Kier alpha value is -2.66. The van der Waals surface area contributed by atoms with Crippen molar-refractivity contribution in [1.82, 2.24) is 15.2 Å². The highest BCUT2D eigenvalue weighted by molar-refractivity contribution is 6.30. The Kier molecular flexibility index (Phi) is 4.91. The predicted octanol–water partition coefficient (Wildman–Crippen LogP) is 4.50. The van der Waals surface area contributed by atoms with Gasteiger partial charge in [0.05, 0.1) is 6.20 Å². The maximum atomic E-state index is 5.98. The van der Waals surface area contributed by atoms with Crippen molar-refractivity contribution in [2.75, 3.05) is 10.6 Å². The van der Waals surface area contributed by atoms with Gasteiger partial charge in [0, 0.05) is 17.3 Å². The fourth-order valence-corrected chi connectivity index (χ4v) is 2.46. The van der Waals surface area contributed by atoms with Gasteiger partial charge < -0.3 is 10.6 Å². The minimum atomic E-state index is 0.479. The summed E-state index contributed by atoms with van der Waals surface area (Å²) in [6.07, 6.45) is 1.59. The van der Waals surface area contributed by atoms with E-state index in [9.17, 15) is 0 Å². The Morgan fingerprint density at radius 2 is 1.83 bits per heavy atom. The fourth-order valence-electron chi connectivity index (χ4n) is 2.23. The summed E-state index contributed by atoms with van der Waals surface area (Å²) in [7, 11) is 0. The molecule has 0 radical (unpaired) electrons. The lowest BCUT2D eigenvalue weighted by atomic mass is 10.1. The van der Waals surface area contributed by atoms with Gasteiger partial charge in [0.1, 0.15) is 0 Å². The Balaban J connectivity index is 1.68. The molecule has 1 heterocycles. The minimum Gasteiger partial charge on any atom is -0.349 e. The van der Waals surface area contributed by atoms with E-state index in [1.54, 1.807) is 6.20 Å².